The predicted octanol–water partition coefficient (Wildman–Crippen LogP) is 5.42. The molecule has 3 nitrogen and oxygen atoms in total. The molecular formula is C20H21BrO3. The van der Waals surface area contributed by atoms with Gasteiger partial charge in [0.05, 0.1) is 4.47 Å². The minimum absolute atomic E-state index is 0.122. The first-order valence-electron chi connectivity index (χ1n) is 7.69. The van der Waals surface area contributed by atoms with Crippen molar-refractivity contribution in [2.24, 2.45) is 0 Å². The fraction of sp³-hybridized carbons (Fsp3) is 0.250. The molecule has 0 saturated carbocycles. The Bertz CT molecular complexity index is 740. The zero-order valence-corrected chi connectivity index (χ0v) is 15.6. The van der Waals surface area contributed by atoms with Crippen molar-refractivity contribution in [2.45, 2.75) is 32.8 Å². The molecule has 0 unspecified atom stereocenters. The van der Waals surface area contributed by atoms with Gasteiger partial charge in [0, 0.05) is 11.6 Å². The molecule has 0 amide bonds. The average Bonchev–Trinajstić information content (AvgIpc) is 2.51. The van der Waals surface area contributed by atoms with Crippen LogP contribution in [0.4, 0.5) is 0 Å². The van der Waals surface area contributed by atoms with Gasteiger partial charge >= 0.3 is 5.97 Å². The molecule has 2 aromatic rings. The summed E-state index contributed by atoms with van der Waals surface area (Å²) in [5, 5.41) is 8.80. The van der Waals surface area contributed by atoms with Crippen LogP contribution in [0, 0.1) is 0 Å². The number of benzene rings is 2. The van der Waals surface area contributed by atoms with Crippen LogP contribution >= 0.6 is 15.9 Å². The van der Waals surface area contributed by atoms with E-state index < -0.39 is 5.97 Å². The molecule has 0 bridgehead atoms. The van der Waals surface area contributed by atoms with Gasteiger partial charge in [-0.15, -0.1) is 0 Å². The zero-order chi connectivity index (χ0) is 17.7. The van der Waals surface area contributed by atoms with Crippen molar-refractivity contribution in [3.8, 4) is 5.75 Å². The number of carbonyl (C=O) groups is 1. The highest BCUT2D eigenvalue weighted by atomic mass is 79.9. The molecule has 0 aliphatic heterocycles. The first-order valence-corrected chi connectivity index (χ1v) is 8.48. The number of halogens is 1. The third-order valence-corrected chi connectivity index (χ3v) is 4.23. The van der Waals surface area contributed by atoms with Crippen LogP contribution in [-0.2, 0) is 16.8 Å². The van der Waals surface area contributed by atoms with Crippen molar-refractivity contribution in [3.63, 3.8) is 0 Å². The van der Waals surface area contributed by atoms with E-state index in [-0.39, 0.29) is 5.41 Å². The Balaban J connectivity index is 2.16. The Kier molecular flexibility index (Phi) is 5.84. The number of carboxylic acids is 1. The Labute approximate surface area is 151 Å². The lowest BCUT2D eigenvalue weighted by Gasteiger charge is -2.19. The first kappa shape index (κ1) is 18.3. The maximum Gasteiger partial charge on any atom is 0.328 e. The molecule has 2 rings (SSSR count). The molecule has 0 aromatic heterocycles. The summed E-state index contributed by atoms with van der Waals surface area (Å²) in [6.07, 6.45) is 2.64. The normalized spacial score (nSPS) is 11.7. The second-order valence-corrected chi connectivity index (χ2v) is 7.42. The predicted molar refractivity (Wildman–Crippen MR) is 100 cm³/mol. The van der Waals surface area contributed by atoms with Crippen molar-refractivity contribution in [2.75, 3.05) is 0 Å². The first-order chi connectivity index (χ1) is 11.3. The van der Waals surface area contributed by atoms with Gasteiger partial charge in [-0.05, 0) is 44.6 Å². The summed E-state index contributed by atoms with van der Waals surface area (Å²) >= 11 is 3.46. The number of rotatable bonds is 5. The summed E-state index contributed by atoms with van der Waals surface area (Å²) in [4.78, 5) is 10.7. The lowest BCUT2D eigenvalue weighted by Crippen LogP contribution is -2.10. The van der Waals surface area contributed by atoms with Crippen LogP contribution in [0.3, 0.4) is 0 Å². The Morgan fingerprint density at radius 3 is 2.42 bits per heavy atom. The van der Waals surface area contributed by atoms with Gasteiger partial charge in [0.1, 0.15) is 12.4 Å². The number of hydrogen-bond acceptors (Lipinski definition) is 2. The van der Waals surface area contributed by atoms with Crippen molar-refractivity contribution >= 4 is 28.0 Å². The van der Waals surface area contributed by atoms with Crippen molar-refractivity contribution in [1.82, 2.24) is 0 Å². The summed E-state index contributed by atoms with van der Waals surface area (Å²) in [6.45, 7) is 6.96. The number of aliphatic carboxylic acids is 1. The molecule has 1 N–H and O–H groups in total. The third-order valence-electron chi connectivity index (χ3n) is 3.61. The summed E-state index contributed by atoms with van der Waals surface area (Å²) in [7, 11) is 0. The van der Waals surface area contributed by atoms with Crippen LogP contribution in [0.5, 0.6) is 5.75 Å². The number of hydrogen-bond donors (Lipinski definition) is 1. The van der Waals surface area contributed by atoms with E-state index in [0.29, 0.717) is 12.4 Å². The molecule has 4 heteroatoms. The number of ether oxygens (including phenoxy) is 1. The topological polar surface area (TPSA) is 46.5 Å². The van der Waals surface area contributed by atoms with E-state index in [4.69, 9.17) is 9.84 Å². The van der Waals surface area contributed by atoms with Gasteiger partial charge in [0.2, 0.25) is 0 Å². The Hall–Kier alpha value is -2.07. The molecular weight excluding hydrogens is 368 g/mol. The fourth-order valence-corrected chi connectivity index (χ4v) is 2.72. The largest absolute Gasteiger partial charge is 0.487 e. The summed E-state index contributed by atoms with van der Waals surface area (Å²) in [5.41, 5.74) is 3.18. The van der Waals surface area contributed by atoms with Crippen molar-refractivity contribution in [1.29, 1.82) is 0 Å². The molecule has 0 spiro atoms. The quantitative estimate of drug-likeness (QED) is 0.695. The van der Waals surface area contributed by atoms with Crippen LogP contribution in [0.1, 0.15) is 37.5 Å². The third kappa shape index (κ3) is 4.96. The Morgan fingerprint density at radius 1 is 1.17 bits per heavy atom. The number of carboxylic acid groups (broad SMARTS) is 1. The fourth-order valence-electron chi connectivity index (χ4n) is 2.23. The highest BCUT2D eigenvalue weighted by molar-refractivity contribution is 9.10. The number of para-hydroxylation sites is 1. The monoisotopic (exact) mass is 388 g/mol. The molecule has 0 atom stereocenters. The second-order valence-electron chi connectivity index (χ2n) is 6.57. The van der Waals surface area contributed by atoms with Crippen LogP contribution < -0.4 is 4.74 Å². The van der Waals surface area contributed by atoms with E-state index in [2.05, 4.69) is 61.0 Å². The van der Waals surface area contributed by atoms with Gasteiger partial charge in [0.15, 0.2) is 0 Å². The van der Waals surface area contributed by atoms with E-state index in [1.807, 2.05) is 18.2 Å². The van der Waals surface area contributed by atoms with Crippen LogP contribution in [0.15, 0.2) is 53.0 Å². The summed E-state index contributed by atoms with van der Waals surface area (Å²) in [5.74, 6) is -0.353. The molecule has 0 radical (unpaired) electrons. The smallest absolute Gasteiger partial charge is 0.328 e. The highest BCUT2D eigenvalue weighted by Gasteiger charge is 2.13. The zero-order valence-electron chi connectivity index (χ0n) is 14.0. The molecule has 24 heavy (non-hydrogen) atoms. The standard InChI is InChI=1S/C20H21BrO3/c1-20(2,3)16-10-7-14(8-11-16)13-24-19-15(9-12-18(22)23)5-4-6-17(19)21/h4-12H,13H2,1-3H3,(H,22,23). The van der Waals surface area contributed by atoms with E-state index in [0.717, 1.165) is 21.7 Å². The summed E-state index contributed by atoms with van der Waals surface area (Å²) < 4.78 is 6.71. The van der Waals surface area contributed by atoms with E-state index in [1.54, 1.807) is 0 Å². The lowest BCUT2D eigenvalue weighted by molar-refractivity contribution is -0.131. The highest BCUT2D eigenvalue weighted by Crippen LogP contribution is 2.31. The van der Waals surface area contributed by atoms with Crippen LogP contribution in [0.25, 0.3) is 6.08 Å². The molecule has 0 saturated heterocycles. The lowest BCUT2D eigenvalue weighted by atomic mass is 9.87. The minimum atomic E-state index is -0.987. The average molecular weight is 389 g/mol. The van der Waals surface area contributed by atoms with E-state index in [9.17, 15) is 4.79 Å². The molecule has 0 aliphatic rings. The van der Waals surface area contributed by atoms with E-state index in [1.165, 1.54) is 11.6 Å². The van der Waals surface area contributed by atoms with Gasteiger partial charge in [-0.3, -0.25) is 0 Å². The van der Waals surface area contributed by atoms with Gasteiger partial charge in [-0.25, -0.2) is 4.79 Å². The maximum atomic E-state index is 10.7. The molecule has 0 heterocycles. The van der Waals surface area contributed by atoms with Crippen molar-refractivity contribution in [3.05, 3.63) is 69.7 Å². The SMILES string of the molecule is CC(C)(C)c1ccc(COc2c(Br)cccc2C=CC(=O)O)cc1. The second kappa shape index (κ2) is 7.67. The minimum Gasteiger partial charge on any atom is -0.487 e. The van der Waals surface area contributed by atoms with Gasteiger partial charge in [-0.1, -0.05) is 57.2 Å². The van der Waals surface area contributed by atoms with Gasteiger partial charge in [0.25, 0.3) is 0 Å². The van der Waals surface area contributed by atoms with Gasteiger partial charge < -0.3 is 9.84 Å². The Morgan fingerprint density at radius 2 is 1.83 bits per heavy atom. The van der Waals surface area contributed by atoms with E-state index >= 15 is 0 Å². The molecule has 0 fully saturated rings. The maximum absolute atomic E-state index is 10.7. The van der Waals surface area contributed by atoms with Crippen LogP contribution in [-0.4, -0.2) is 11.1 Å². The van der Waals surface area contributed by atoms with Gasteiger partial charge in [-0.2, -0.15) is 0 Å². The molecule has 2 aromatic carbocycles. The van der Waals surface area contributed by atoms with Crippen molar-refractivity contribution < 1.29 is 14.6 Å². The summed E-state index contributed by atoms with van der Waals surface area (Å²) in [6, 6.07) is 13.9. The molecule has 0 aliphatic carbocycles. The molecule has 126 valence electrons. The van der Waals surface area contributed by atoms with Crippen LogP contribution in [0.2, 0.25) is 0 Å².